The number of nitroso groups, excluding NO2 is 1. The van der Waals surface area contributed by atoms with E-state index in [1.165, 1.54) is 6.08 Å². The van der Waals surface area contributed by atoms with E-state index in [1.54, 1.807) is 0 Å². The first kappa shape index (κ1) is 12.2. The predicted molar refractivity (Wildman–Crippen MR) is 47.0 cm³/mol. The van der Waals surface area contributed by atoms with Crippen molar-refractivity contribution in [3.63, 3.8) is 0 Å². The van der Waals surface area contributed by atoms with E-state index in [0.717, 1.165) is 0 Å². The topological polar surface area (TPSA) is 93.0 Å². The van der Waals surface area contributed by atoms with E-state index in [4.69, 9.17) is 9.29 Å². The second kappa shape index (κ2) is 5.79. The molecule has 0 aromatic heterocycles. The number of hydrogen-bond donors (Lipinski definition) is 1. The standard InChI is InChI=1S/C6H11NO5S/c1-2-3-12-4-6(7-8)5-13(9,10)11/h2,6H,1,3-5H2,(H,9,10,11). The highest BCUT2D eigenvalue weighted by Crippen LogP contribution is 1.97. The maximum Gasteiger partial charge on any atom is 0.267 e. The Morgan fingerprint density at radius 1 is 1.62 bits per heavy atom. The van der Waals surface area contributed by atoms with Gasteiger partial charge >= 0.3 is 0 Å². The summed E-state index contributed by atoms with van der Waals surface area (Å²) in [6.07, 6.45) is 1.45. The summed E-state index contributed by atoms with van der Waals surface area (Å²) in [6, 6.07) is -1.07. The zero-order valence-electron chi connectivity index (χ0n) is 6.92. The largest absolute Gasteiger partial charge is 0.375 e. The molecule has 1 atom stereocenters. The summed E-state index contributed by atoms with van der Waals surface area (Å²) >= 11 is 0. The predicted octanol–water partition coefficient (Wildman–Crippen LogP) is 0.212. The van der Waals surface area contributed by atoms with Gasteiger partial charge in [0.15, 0.2) is 0 Å². The maximum absolute atomic E-state index is 10.3. The Kier molecular flexibility index (Phi) is 5.44. The smallest absolute Gasteiger partial charge is 0.267 e. The first-order valence-electron chi connectivity index (χ1n) is 3.46. The molecule has 0 bridgehead atoms. The molecule has 76 valence electrons. The van der Waals surface area contributed by atoms with Crippen molar-refractivity contribution in [3.8, 4) is 0 Å². The number of hydrogen-bond acceptors (Lipinski definition) is 5. The van der Waals surface area contributed by atoms with Gasteiger partial charge in [0.25, 0.3) is 10.1 Å². The van der Waals surface area contributed by atoms with Crippen molar-refractivity contribution >= 4 is 10.1 Å². The Bertz CT molecular complexity index is 260. The lowest BCUT2D eigenvalue weighted by Gasteiger charge is -2.05. The molecular weight excluding hydrogens is 198 g/mol. The zero-order chi connectivity index (χ0) is 10.3. The van der Waals surface area contributed by atoms with Gasteiger partial charge in [0.05, 0.1) is 13.2 Å². The third-order valence-electron chi connectivity index (χ3n) is 1.10. The minimum absolute atomic E-state index is 0.144. The first-order chi connectivity index (χ1) is 5.99. The van der Waals surface area contributed by atoms with Crippen LogP contribution < -0.4 is 0 Å². The Hall–Kier alpha value is -0.790. The van der Waals surface area contributed by atoms with Gasteiger partial charge < -0.3 is 4.74 Å². The molecular formula is C6H11NO5S. The lowest BCUT2D eigenvalue weighted by molar-refractivity contribution is 0.151. The van der Waals surface area contributed by atoms with E-state index in [1.807, 2.05) is 0 Å². The molecule has 1 unspecified atom stereocenters. The number of ether oxygens (including phenoxy) is 1. The quantitative estimate of drug-likeness (QED) is 0.280. The Morgan fingerprint density at radius 3 is 2.62 bits per heavy atom. The minimum Gasteiger partial charge on any atom is -0.375 e. The van der Waals surface area contributed by atoms with E-state index in [0.29, 0.717) is 0 Å². The SMILES string of the molecule is C=CCOCC(CS(=O)(=O)O)N=O. The summed E-state index contributed by atoms with van der Waals surface area (Å²) in [7, 11) is -4.17. The molecule has 0 rings (SSSR count). The van der Waals surface area contributed by atoms with Gasteiger partial charge in [0.1, 0.15) is 11.8 Å². The van der Waals surface area contributed by atoms with Crippen LogP contribution in [0.3, 0.4) is 0 Å². The Balaban J connectivity index is 3.90. The lowest BCUT2D eigenvalue weighted by Crippen LogP contribution is -2.23. The minimum atomic E-state index is -4.17. The molecule has 0 spiro atoms. The van der Waals surface area contributed by atoms with E-state index in [9.17, 15) is 13.3 Å². The van der Waals surface area contributed by atoms with Crippen molar-refractivity contribution in [3.05, 3.63) is 17.6 Å². The zero-order valence-corrected chi connectivity index (χ0v) is 7.74. The summed E-state index contributed by atoms with van der Waals surface area (Å²) in [5.41, 5.74) is 0. The molecule has 0 fully saturated rings. The summed E-state index contributed by atoms with van der Waals surface area (Å²) < 4.78 is 33.8. The van der Waals surface area contributed by atoms with Crippen molar-refractivity contribution < 1.29 is 17.7 Å². The van der Waals surface area contributed by atoms with Gasteiger partial charge in [-0.2, -0.15) is 13.3 Å². The fourth-order valence-corrected chi connectivity index (χ4v) is 1.28. The average Bonchev–Trinajstić information content (AvgIpc) is 2.01. The van der Waals surface area contributed by atoms with Crippen LogP contribution in [0.1, 0.15) is 0 Å². The summed E-state index contributed by atoms with van der Waals surface area (Å²) in [6.45, 7) is 3.42. The molecule has 7 heteroatoms. The molecule has 0 aliphatic heterocycles. The van der Waals surface area contributed by atoms with Crippen LogP contribution in [0.4, 0.5) is 0 Å². The van der Waals surface area contributed by atoms with E-state index in [-0.39, 0.29) is 13.2 Å². The third kappa shape index (κ3) is 7.57. The van der Waals surface area contributed by atoms with Gasteiger partial charge in [-0.3, -0.25) is 4.55 Å². The third-order valence-corrected chi connectivity index (χ3v) is 1.90. The molecule has 0 amide bonds. The van der Waals surface area contributed by atoms with Crippen LogP contribution in [-0.2, 0) is 14.9 Å². The van der Waals surface area contributed by atoms with Crippen LogP contribution >= 0.6 is 0 Å². The van der Waals surface area contributed by atoms with Crippen molar-refractivity contribution in [2.24, 2.45) is 5.18 Å². The van der Waals surface area contributed by atoms with Crippen molar-refractivity contribution in [1.82, 2.24) is 0 Å². The summed E-state index contributed by atoms with van der Waals surface area (Å²) in [5.74, 6) is -0.715. The molecule has 13 heavy (non-hydrogen) atoms. The van der Waals surface area contributed by atoms with Crippen LogP contribution in [0.2, 0.25) is 0 Å². The Labute approximate surface area is 76.3 Å². The van der Waals surface area contributed by atoms with Gasteiger partial charge in [-0.05, 0) is 0 Å². The molecule has 0 saturated carbocycles. The number of nitrogens with zero attached hydrogens (tertiary/aromatic N) is 1. The lowest BCUT2D eigenvalue weighted by atomic mass is 10.4. The van der Waals surface area contributed by atoms with Crippen molar-refractivity contribution in [2.75, 3.05) is 19.0 Å². The highest BCUT2D eigenvalue weighted by Gasteiger charge is 2.17. The molecule has 6 nitrogen and oxygen atoms in total. The first-order valence-corrected chi connectivity index (χ1v) is 5.06. The second-order valence-electron chi connectivity index (χ2n) is 2.33. The normalized spacial score (nSPS) is 13.6. The van der Waals surface area contributed by atoms with Crippen LogP contribution in [0.25, 0.3) is 0 Å². The molecule has 0 aliphatic rings. The highest BCUT2D eigenvalue weighted by atomic mass is 32.2. The van der Waals surface area contributed by atoms with Gasteiger partial charge in [-0.1, -0.05) is 11.3 Å². The molecule has 0 aromatic rings. The molecule has 0 aliphatic carbocycles. The molecule has 1 N–H and O–H groups in total. The number of rotatable bonds is 7. The van der Waals surface area contributed by atoms with Crippen LogP contribution in [0.15, 0.2) is 17.8 Å². The Morgan fingerprint density at radius 2 is 2.23 bits per heavy atom. The van der Waals surface area contributed by atoms with E-state index >= 15 is 0 Å². The van der Waals surface area contributed by atoms with Gasteiger partial charge in [-0.15, -0.1) is 6.58 Å². The second-order valence-corrected chi connectivity index (χ2v) is 3.83. The fourth-order valence-electron chi connectivity index (χ4n) is 0.640. The maximum atomic E-state index is 10.3. The van der Waals surface area contributed by atoms with Crippen LogP contribution in [0, 0.1) is 4.91 Å². The molecule has 0 heterocycles. The molecule has 0 radical (unpaired) electrons. The van der Waals surface area contributed by atoms with Crippen molar-refractivity contribution in [1.29, 1.82) is 0 Å². The monoisotopic (exact) mass is 209 g/mol. The van der Waals surface area contributed by atoms with E-state index in [2.05, 4.69) is 11.8 Å². The summed E-state index contributed by atoms with van der Waals surface area (Å²) in [4.78, 5) is 10.0. The van der Waals surface area contributed by atoms with Crippen LogP contribution in [-0.4, -0.2) is 38.0 Å². The van der Waals surface area contributed by atoms with Gasteiger partial charge in [0.2, 0.25) is 0 Å². The van der Waals surface area contributed by atoms with Crippen LogP contribution in [0.5, 0.6) is 0 Å². The average molecular weight is 209 g/mol. The van der Waals surface area contributed by atoms with E-state index < -0.39 is 21.9 Å². The summed E-state index contributed by atoms with van der Waals surface area (Å²) in [5, 5.41) is 2.50. The van der Waals surface area contributed by atoms with Gasteiger partial charge in [0, 0.05) is 0 Å². The fraction of sp³-hybridized carbons (Fsp3) is 0.667. The molecule has 0 aromatic carbocycles. The van der Waals surface area contributed by atoms with Crippen molar-refractivity contribution in [2.45, 2.75) is 6.04 Å². The molecule has 0 saturated heterocycles. The van der Waals surface area contributed by atoms with Gasteiger partial charge in [-0.25, -0.2) is 0 Å². The highest BCUT2D eigenvalue weighted by molar-refractivity contribution is 7.85.